The van der Waals surface area contributed by atoms with Crippen LogP contribution in [0.4, 0.5) is 17.2 Å². The van der Waals surface area contributed by atoms with Gasteiger partial charge in [0.05, 0.1) is 17.1 Å². The van der Waals surface area contributed by atoms with E-state index < -0.39 is 0 Å². The summed E-state index contributed by atoms with van der Waals surface area (Å²) in [5.74, 6) is 3.20. The molecule has 0 radical (unpaired) electrons. The third kappa shape index (κ3) is 3.83. The number of para-hydroxylation sites is 2. The number of ether oxygens (including phenoxy) is 1. The second kappa shape index (κ2) is 8.81. The van der Waals surface area contributed by atoms with Gasteiger partial charge in [-0.15, -0.1) is 0 Å². The number of hydrogen-bond acceptors (Lipinski definition) is 4. The Bertz CT molecular complexity index is 1690. The van der Waals surface area contributed by atoms with Gasteiger partial charge in [0.2, 0.25) is 0 Å². The van der Waals surface area contributed by atoms with Gasteiger partial charge in [-0.25, -0.2) is 9.97 Å². The normalized spacial score (nSPS) is 11.9. The first-order chi connectivity index (χ1) is 18.3. The van der Waals surface area contributed by atoms with Crippen LogP contribution in [0.1, 0.15) is 0 Å². The predicted molar refractivity (Wildman–Crippen MR) is 147 cm³/mol. The summed E-state index contributed by atoms with van der Waals surface area (Å²) in [7, 11) is 0. The maximum absolute atomic E-state index is 6.24. The lowest BCUT2D eigenvalue weighted by Gasteiger charge is -2.32. The van der Waals surface area contributed by atoms with Crippen LogP contribution in [0.3, 0.4) is 0 Å². The van der Waals surface area contributed by atoms with Crippen LogP contribution in [0.5, 0.6) is 11.5 Å². The van der Waals surface area contributed by atoms with E-state index in [4.69, 9.17) is 9.72 Å². The number of anilines is 3. The van der Waals surface area contributed by atoms with Crippen LogP contribution in [0.25, 0.3) is 33.8 Å². The highest BCUT2D eigenvalue weighted by Crippen LogP contribution is 2.50. The maximum atomic E-state index is 6.24. The quantitative estimate of drug-likeness (QED) is 0.276. The van der Waals surface area contributed by atoms with Gasteiger partial charge in [0.15, 0.2) is 11.5 Å². The molecular formula is C32H22N4O. The Balaban J connectivity index is 1.24. The number of H-pyrrole nitrogens is 1. The highest BCUT2D eigenvalue weighted by atomic mass is 16.5. The lowest BCUT2D eigenvalue weighted by atomic mass is 10.0. The molecule has 2 aromatic heterocycles. The minimum Gasteiger partial charge on any atom is -0.453 e. The monoisotopic (exact) mass is 478 g/mol. The lowest BCUT2D eigenvalue weighted by Crippen LogP contribution is -2.16. The van der Waals surface area contributed by atoms with Crippen LogP contribution in [0.2, 0.25) is 0 Å². The molecule has 5 nitrogen and oxygen atoms in total. The first kappa shape index (κ1) is 21.1. The maximum Gasteiger partial charge on any atom is 0.151 e. The van der Waals surface area contributed by atoms with Gasteiger partial charge in [-0.05, 0) is 53.6 Å². The molecule has 1 aliphatic heterocycles. The SMILES string of the molecule is c1ccc(-c2ccc(-c3c[nH]c(-c4ccc5c(c4)N(c4ccccn4)c4ccccc4O5)n3)cc2)cc1. The van der Waals surface area contributed by atoms with Crippen molar-refractivity contribution in [2.24, 2.45) is 0 Å². The van der Waals surface area contributed by atoms with Crippen molar-refractivity contribution >= 4 is 17.2 Å². The predicted octanol–water partition coefficient (Wildman–Crippen LogP) is 8.38. The van der Waals surface area contributed by atoms with Gasteiger partial charge in [0.25, 0.3) is 0 Å². The Morgan fingerprint density at radius 2 is 1.30 bits per heavy atom. The van der Waals surface area contributed by atoms with Crippen molar-refractivity contribution in [1.82, 2.24) is 15.0 Å². The summed E-state index contributed by atoms with van der Waals surface area (Å²) < 4.78 is 6.24. The van der Waals surface area contributed by atoms with Gasteiger partial charge in [-0.2, -0.15) is 0 Å². The second-order valence-electron chi connectivity index (χ2n) is 8.85. The van der Waals surface area contributed by atoms with E-state index in [1.54, 1.807) is 6.20 Å². The highest BCUT2D eigenvalue weighted by molar-refractivity contribution is 5.87. The van der Waals surface area contributed by atoms with Crippen molar-refractivity contribution in [3.05, 3.63) is 128 Å². The minimum absolute atomic E-state index is 0.774. The molecule has 1 aliphatic rings. The zero-order valence-electron chi connectivity index (χ0n) is 19.9. The number of hydrogen-bond donors (Lipinski definition) is 1. The number of imidazole rings is 1. The molecule has 6 aromatic rings. The topological polar surface area (TPSA) is 54.0 Å². The average molecular weight is 479 g/mol. The number of nitrogens with one attached hydrogen (secondary N) is 1. The number of aromatic amines is 1. The number of pyridine rings is 1. The summed E-state index contributed by atoms with van der Waals surface area (Å²) >= 11 is 0. The summed E-state index contributed by atoms with van der Waals surface area (Å²) in [4.78, 5) is 15.0. The molecule has 176 valence electrons. The first-order valence-electron chi connectivity index (χ1n) is 12.2. The molecule has 0 atom stereocenters. The zero-order chi connectivity index (χ0) is 24.6. The minimum atomic E-state index is 0.774. The lowest BCUT2D eigenvalue weighted by molar-refractivity contribution is 0.477. The van der Waals surface area contributed by atoms with Crippen LogP contribution >= 0.6 is 0 Å². The van der Waals surface area contributed by atoms with Crippen LogP contribution in [-0.2, 0) is 0 Å². The van der Waals surface area contributed by atoms with Crippen molar-refractivity contribution in [2.45, 2.75) is 0 Å². The molecule has 4 aromatic carbocycles. The summed E-state index contributed by atoms with van der Waals surface area (Å²) in [6, 6.07) is 38.9. The number of nitrogens with zero attached hydrogens (tertiary/aromatic N) is 3. The third-order valence-electron chi connectivity index (χ3n) is 6.54. The molecule has 0 unspecified atom stereocenters. The Labute approximate surface area is 214 Å². The molecule has 7 rings (SSSR count). The summed E-state index contributed by atoms with van der Waals surface area (Å²) in [5, 5.41) is 0. The smallest absolute Gasteiger partial charge is 0.151 e. The Kier molecular flexibility index (Phi) is 5.03. The molecule has 3 heterocycles. The van der Waals surface area contributed by atoms with Crippen LogP contribution in [-0.4, -0.2) is 15.0 Å². The van der Waals surface area contributed by atoms with E-state index >= 15 is 0 Å². The molecular weight excluding hydrogens is 456 g/mol. The Hall–Kier alpha value is -5.16. The summed E-state index contributed by atoms with van der Waals surface area (Å²) in [6.45, 7) is 0. The molecule has 0 saturated heterocycles. The Morgan fingerprint density at radius 1 is 0.595 bits per heavy atom. The number of rotatable bonds is 4. The van der Waals surface area contributed by atoms with E-state index in [0.717, 1.165) is 51.3 Å². The van der Waals surface area contributed by atoms with Gasteiger partial charge in [0.1, 0.15) is 11.6 Å². The first-order valence-corrected chi connectivity index (χ1v) is 12.2. The van der Waals surface area contributed by atoms with Crippen molar-refractivity contribution in [3.8, 4) is 45.3 Å². The standard InChI is InChI=1S/C32H22N4O/c1-2-8-22(9-3-1)23-13-15-24(16-14-23)26-21-34-32(35-26)25-17-18-30-28(20-25)36(31-12-6-7-19-33-31)27-10-4-5-11-29(27)37-30/h1-21H,(H,34,35). The van der Waals surface area contributed by atoms with Gasteiger partial charge >= 0.3 is 0 Å². The van der Waals surface area contributed by atoms with E-state index in [-0.39, 0.29) is 0 Å². The highest BCUT2D eigenvalue weighted by Gasteiger charge is 2.27. The number of fused-ring (bicyclic) bond motifs is 2. The summed E-state index contributed by atoms with van der Waals surface area (Å²) in [6.07, 6.45) is 3.76. The molecule has 0 bridgehead atoms. The molecule has 0 amide bonds. The van der Waals surface area contributed by atoms with Gasteiger partial charge < -0.3 is 9.72 Å². The van der Waals surface area contributed by atoms with E-state index in [0.29, 0.717) is 0 Å². The fourth-order valence-corrected chi connectivity index (χ4v) is 4.72. The van der Waals surface area contributed by atoms with E-state index in [2.05, 4.69) is 69.5 Å². The molecule has 1 N–H and O–H groups in total. The van der Waals surface area contributed by atoms with Crippen molar-refractivity contribution < 1.29 is 4.74 Å². The van der Waals surface area contributed by atoms with Crippen molar-refractivity contribution in [2.75, 3.05) is 4.90 Å². The molecule has 37 heavy (non-hydrogen) atoms. The van der Waals surface area contributed by atoms with E-state index in [1.807, 2.05) is 66.9 Å². The van der Waals surface area contributed by atoms with E-state index in [1.165, 1.54) is 11.1 Å². The largest absolute Gasteiger partial charge is 0.453 e. The van der Waals surface area contributed by atoms with Crippen LogP contribution in [0, 0.1) is 0 Å². The fraction of sp³-hybridized carbons (Fsp3) is 0. The van der Waals surface area contributed by atoms with Crippen molar-refractivity contribution in [3.63, 3.8) is 0 Å². The van der Waals surface area contributed by atoms with Crippen LogP contribution < -0.4 is 9.64 Å². The van der Waals surface area contributed by atoms with Crippen LogP contribution in [0.15, 0.2) is 128 Å². The average Bonchev–Trinajstić information content (AvgIpc) is 3.47. The van der Waals surface area contributed by atoms with Gasteiger partial charge in [0, 0.05) is 23.5 Å². The fourth-order valence-electron chi connectivity index (χ4n) is 4.72. The second-order valence-corrected chi connectivity index (χ2v) is 8.85. The third-order valence-corrected chi connectivity index (χ3v) is 6.54. The van der Waals surface area contributed by atoms with E-state index in [9.17, 15) is 0 Å². The molecule has 0 saturated carbocycles. The van der Waals surface area contributed by atoms with Gasteiger partial charge in [-0.1, -0.05) is 72.8 Å². The number of benzene rings is 4. The Morgan fingerprint density at radius 3 is 2.14 bits per heavy atom. The zero-order valence-corrected chi connectivity index (χ0v) is 19.9. The molecule has 0 spiro atoms. The molecule has 0 fully saturated rings. The molecule has 0 aliphatic carbocycles. The summed E-state index contributed by atoms with van der Waals surface area (Å²) in [5.41, 5.74) is 7.18. The number of aromatic nitrogens is 3. The van der Waals surface area contributed by atoms with Gasteiger partial charge in [-0.3, -0.25) is 4.90 Å². The van der Waals surface area contributed by atoms with Crippen molar-refractivity contribution in [1.29, 1.82) is 0 Å². The molecule has 5 heteroatoms.